The molecule has 0 amide bonds. The van der Waals surface area contributed by atoms with Crippen molar-refractivity contribution in [1.82, 2.24) is 0 Å². The van der Waals surface area contributed by atoms with Crippen LogP contribution in [0.15, 0.2) is 13.6 Å². The van der Waals surface area contributed by atoms with Crippen molar-refractivity contribution in [2.75, 3.05) is 0 Å². The fourth-order valence-electron chi connectivity index (χ4n) is 1.31. The lowest BCUT2D eigenvalue weighted by Crippen LogP contribution is -2.08. The van der Waals surface area contributed by atoms with Gasteiger partial charge >= 0.3 is 0 Å². The average Bonchev–Trinajstić information content (AvgIpc) is 2.40. The molecule has 15 heavy (non-hydrogen) atoms. The van der Waals surface area contributed by atoms with Gasteiger partial charge in [0.1, 0.15) is 0 Å². The number of hydrogen-bond donors (Lipinski definition) is 1. The third-order valence-corrected chi connectivity index (χ3v) is 4.60. The minimum atomic E-state index is -0.360. The molecular weight excluding hydrogens is 340 g/mol. The maximum atomic E-state index is 10.0. The first-order valence-corrected chi connectivity index (χ1v) is 7.32. The Morgan fingerprint density at radius 1 is 1.40 bits per heavy atom. The van der Waals surface area contributed by atoms with Crippen molar-refractivity contribution in [3.8, 4) is 0 Å². The number of hydrogen-bond acceptors (Lipinski definition) is 2. The zero-order valence-corrected chi connectivity index (χ0v) is 13.2. The van der Waals surface area contributed by atoms with E-state index in [2.05, 4.69) is 52.6 Å². The molecule has 0 aliphatic carbocycles. The summed E-state index contributed by atoms with van der Waals surface area (Å²) in [6, 6.07) is 1.99. The lowest BCUT2D eigenvalue weighted by Gasteiger charge is -2.20. The molecular formula is C11H16Br2OS. The molecule has 0 spiro atoms. The second kappa shape index (κ2) is 5.30. The Bertz CT molecular complexity index is 328. The van der Waals surface area contributed by atoms with Crippen LogP contribution in [0.1, 0.15) is 45.3 Å². The van der Waals surface area contributed by atoms with Gasteiger partial charge in [-0.1, -0.05) is 20.8 Å². The van der Waals surface area contributed by atoms with Crippen molar-refractivity contribution in [1.29, 1.82) is 0 Å². The molecule has 0 aliphatic heterocycles. The van der Waals surface area contributed by atoms with E-state index in [0.717, 1.165) is 26.0 Å². The first-order valence-electron chi connectivity index (χ1n) is 4.92. The zero-order valence-electron chi connectivity index (χ0n) is 9.18. The number of aliphatic hydroxyl groups excluding tert-OH is 1. The lowest BCUT2D eigenvalue weighted by atomic mass is 9.88. The molecule has 0 saturated heterocycles. The predicted molar refractivity (Wildman–Crippen MR) is 73.4 cm³/mol. The van der Waals surface area contributed by atoms with Gasteiger partial charge in [0.05, 0.1) is 13.7 Å². The molecule has 86 valence electrons. The van der Waals surface area contributed by atoms with Crippen LogP contribution in [0.25, 0.3) is 0 Å². The van der Waals surface area contributed by atoms with E-state index in [9.17, 15) is 5.11 Å². The number of rotatable bonds is 3. The van der Waals surface area contributed by atoms with Crippen LogP contribution in [-0.4, -0.2) is 5.11 Å². The Kier molecular flexibility index (Phi) is 4.84. The average molecular weight is 356 g/mol. The van der Waals surface area contributed by atoms with Crippen LogP contribution in [0.3, 0.4) is 0 Å². The Morgan fingerprint density at radius 3 is 2.40 bits per heavy atom. The van der Waals surface area contributed by atoms with Gasteiger partial charge in [-0.15, -0.1) is 11.3 Å². The lowest BCUT2D eigenvalue weighted by molar-refractivity contribution is 0.147. The molecule has 0 saturated carbocycles. The highest BCUT2D eigenvalue weighted by molar-refractivity contribution is 9.12. The normalized spacial score (nSPS) is 14.3. The molecule has 1 unspecified atom stereocenters. The summed E-state index contributed by atoms with van der Waals surface area (Å²) in [6.45, 7) is 6.58. The molecule has 0 bridgehead atoms. The van der Waals surface area contributed by atoms with Crippen molar-refractivity contribution < 1.29 is 5.11 Å². The van der Waals surface area contributed by atoms with E-state index < -0.39 is 0 Å². The van der Waals surface area contributed by atoms with Crippen LogP contribution in [0.2, 0.25) is 0 Å². The maximum Gasteiger partial charge on any atom is 0.0809 e. The molecule has 1 atom stereocenters. The first-order chi connectivity index (χ1) is 6.79. The molecule has 0 fully saturated rings. The van der Waals surface area contributed by atoms with E-state index in [1.165, 1.54) is 0 Å². The molecule has 1 rings (SSSR count). The summed E-state index contributed by atoms with van der Waals surface area (Å²) in [5.74, 6) is 0. The van der Waals surface area contributed by atoms with Crippen LogP contribution < -0.4 is 0 Å². The Balaban J connectivity index is 2.61. The summed E-state index contributed by atoms with van der Waals surface area (Å²) in [6.07, 6.45) is 1.47. The second-order valence-electron chi connectivity index (χ2n) is 4.89. The third-order valence-electron chi connectivity index (χ3n) is 2.21. The van der Waals surface area contributed by atoms with Gasteiger partial charge in [0, 0.05) is 5.56 Å². The van der Waals surface area contributed by atoms with Crippen LogP contribution in [0, 0.1) is 5.41 Å². The van der Waals surface area contributed by atoms with Crippen molar-refractivity contribution in [3.63, 3.8) is 0 Å². The van der Waals surface area contributed by atoms with Crippen LogP contribution in [0.5, 0.6) is 0 Å². The highest BCUT2D eigenvalue weighted by Gasteiger charge is 2.18. The second-order valence-corrected chi connectivity index (χ2v) is 8.64. The summed E-state index contributed by atoms with van der Waals surface area (Å²) in [5.41, 5.74) is 1.27. The molecule has 1 N–H and O–H groups in total. The molecule has 1 aromatic heterocycles. The molecule has 0 radical (unpaired) electrons. The minimum Gasteiger partial charge on any atom is -0.388 e. The number of aliphatic hydroxyl groups is 1. The van der Waals surface area contributed by atoms with Gasteiger partial charge in [-0.3, -0.25) is 0 Å². The van der Waals surface area contributed by atoms with Gasteiger partial charge in [-0.25, -0.2) is 0 Å². The SMILES string of the molecule is CC(C)(C)CCC(O)c1cc(Br)sc1Br. The van der Waals surface area contributed by atoms with Crippen molar-refractivity contribution in [3.05, 3.63) is 19.2 Å². The van der Waals surface area contributed by atoms with E-state index in [1.807, 2.05) is 6.07 Å². The third kappa shape index (κ3) is 4.55. The van der Waals surface area contributed by atoms with Crippen molar-refractivity contribution in [2.45, 2.75) is 39.7 Å². The molecule has 1 nitrogen and oxygen atoms in total. The van der Waals surface area contributed by atoms with E-state index in [4.69, 9.17) is 0 Å². The molecule has 1 aromatic rings. The quantitative estimate of drug-likeness (QED) is 0.796. The molecule has 0 aliphatic rings. The molecule has 0 aromatic carbocycles. The van der Waals surface area contributed by atoms with Gasteiger partial charge < -0.3 is 5.11 Å². The van der Waals surface area contributed by atoms with E-state index in [1.54, 1.807) is 11.3 Å². The van der Waals surface area contributed by atoms with Crippen molar-refractivity contribution >= 4 is 43.2 Å². The summed E-state index contributed by atoms with van der Waals surface area (Å²) >= 11 is 8.49. The van der Waals surface area contributed by atoms with E-state index >= 15 is 0 Å². The number of halogens is 2. The summed E-state index contributed by atoms with van der Waals surface area (Å²) in [5, 5.41) is 10.0. The van der Waals surface area contributed by atoms with Gasteiger partial charge in [-0.05, 0) is 56.2 Å². The van der Waals surface area contributed by atoms with Gasteiger partial charge in [0.15, 0.2) is 0 Å². The number of thiophene rings is 1. The fraction of sp³-hybridized carbons (Fsp3) is 0.636. The Morgan fingerprint density at radius 2 is 2.00 bits per heavy atom. The molecule has 1 heterocycles. The van der Waals surface area contributed by atoms with Crippen LogP contribution in [0.4, 0.5) is 0 Å². The summed E-state index contributed by atoms with van der Waals surface area (Å²) in [4.78, 5) is 0. The van der Waals surface area contributed by atoms with Crippen molar-refractivity contribution in [2.24, 2.45) is 5.41 Å². The predicted octanol–water partition coefficient (Wildman–Crippen LogP) is 5.13. The van der Waals surface area contributed by atoms with Gasteiger partial charge in [0.2, 0.25) is 0 Å². The maximum absolute atomic E-state index is 10.0. The van der Waals surface area contributed by atoms with Crippen LogP contribution in [-0.2, 0) is 0 Å². The summed E-state index contributed by atoms with van der Waals surface area (Å²) < 4.78 is 2.08. The topological polar surface area (TPSA) is 20.2 Å². The monoisotopic (exact) mass is 354 g/mol. The van der Waals surface area contributed by atoms with Gasteiger partial charge in [-0.2, -0.15) is 0 Å². The van der Waals surface area contributed by atoms with E-state index in [0.29, 0.717) is 0 Å². The first kappa shape index (κ1) is 13.7. The largest absolute Gasteiger partial charge is 0.388 e. The minimum absolute atomic E-state index is 0.278. The Labute approximate surface area is 112 Å². The fourth-order valence-corrected chi connectivity index (χ4v) is 4.26. The smallest absolute Gasteiger partial charge is 0.0809 e. The Hall–Kier alpha value is 0.620. The zero-order chi connectivity index (χ0) is 11.6. The van der Waals surface area contributed by atoms with E-state index in [-0.39, 0.29) is 11.5 Å². The standard InChI is InChI=1S/C11H16Br2OS/c1-11(2,3)5-4-8(14)7-6-9(12)15-10(7)13/h6,8,14H,4-5H2,1-3H3. The molecule has 4 heteroatoms. The van der Waals surface area contributed by atoms with Gasteiger partial charge in [0.25, 0.3) is 0 Å². The highest BCUT2D eigenvalue weighted by Crippen LogP contribution is 2.38. The summed E-state index contributed by atoms with van der Waals surface area (Å²) in [7, 11) is 0. The highest BCUT2D eigenvalue weighted by atomic mass is 79.9. The van der Waals surface area contributed by atoms with Crippen LogP contribution >= 0.6 is 43.2 Å².